The summed E-state index contributed by atoms with van der Waals surface area (Å²) in [4.78, 5) is 15.8. The molecule has 0 aromatic heterocycles. The van der Waals surface area contributed by atoms with E-state index in [2.05, 4.69) is 118 Å². The molecule has 1 heterocycles. The quantitative estimate of drug-likeness (QED) is 0.351. The molecule has 0 unspecified atom stereocenters. The second-order valence-corrected chi connectivity index (χ2v) is 18.4. The minimum absolute atomic E-state index is 0.285. The third-order valence-corrected chi connectivity index (χ3v) is 17.1. The Hall–Kier alpha value is -1.71. The molecule has 0 bridgehead atoms. The van der Waals surface area contributed by atoms with Gasteiger partial charge in [-0.15, -0.1) is 0 Å². The second-order valence-electron chi connectivity index (χ2n) is 7.79. The Labute approximate surface area is 186 Å². The van der Waals surface area contributed by atoms with Crippen molar-refractivity contribution < 1.29 is 4.79 Å². The minimum atomic E-state index is -3.01. The average molecular weight is 515 g/mol. The maximum atomic E-state index is 13.7. The molecule has 2 nitrogen and oxygen atoms in total. The number of amides is 1. The van der Waals surface area contributed by atoms with Crippen LogP contribution < -0.4 is 15.9 Å². The molecule has 4 heteroatoms. The Kier molecular flexibility index (Phi) is 6.08. The summed E-state index contributed by atoms with van der Waals surface area (Å²) in [6, 6.07) is 32.1. The van der Waals surface area contributed by atoms with Crippen molar-refractivity contribution >= 4 is 48.1 Å². The summed E-state index contributed by atoms with van der Waals surface area (Å²) >= 11 is 2.70. The topological polar surface area (TPSA) is 20.3 Å². The third-order valence-electron chi connectivity index (χ3n) is 6.02. The van der Waals surface area contributed by atoms with Gasteiger partial charge in [0.1, 0.15) is 0 Å². The Morgan fingerprint density at radius 2 is 1.07 bits per heavy atom. The van der Waals surface area contributed by atoms with E-state index in [0.717, 1.165) is 25.9 Å². The van der Waals surface area contributed by atoms with Gasteiger partial charge in [0, 0.05) is 0 Å². The van der Waals surface area contributed by atoms with E-state index in [9.17, 15) is 4.79 Å². The van der Waals surface area contributed by atoms with Crippen molar-refractivity contribution in [1.82, 2.24) is 4.90 Å². The first-order chi connectivity index (χ1) is 14.1. The SMILES string of the molecule is O=C(CP(I)(c1ccccc1)(c1ccccc1)c1ccccc1)N1CCCCC1. The number of benzene rings is 3. The molecule has 0 spiro atoms. The number of nitrogens with zero attached hydrogens (tertiary/aromatic N) is 1. The molecule has 0 saturated carbocycles. The van der Waals surface area contributed by atoms with Crippen LogP contribution >= 0.6 is 26.3 Å². The molecule has 1 aliphatic rings. The molecule has 1 fully saturated rings. The summed E-state index contributed by atoms with van der Waals surface area (Å²) in [6.45, 7) is 1.78. The fourth-order valence-corrected chi connectivity index (χ4v) is 12.7. The zero-order valence-electron chi connectivity index (χ0n) is 16.6. The van der Waals surface area contributed by atoms with Gasteiger partial charge in [-0.3, -0.25) is 0 Å². The van der Waals surface area contributed by atoms with E-state index in [4.69, 9.17) is 0 Å². The first-order valence-electron chi connectivity index (χ1n) is 10.3. The molecule has 1 saturated heterocycles. The van der Waals surface area contributed by atoms with Crippen molar-refractivity contribution in [3.63, 3.8) is 0 Å². The zero-order valence-corrected chi connectivity index (χ0v) is 19.6. The zero-order chi connectivity index (χ0) is 20.2. The maximum absolute atomic E-state index is 13.7. The molecule has 3 aromatic rings. The molecular weight excluding hydrogens is 488 g/mol. The normalized spacial score (nSPS) is 16.0. The van der Waals surface area contributed by atoms with Crippen molar-refractivity contribution in [2.45, 2.75) is 19.3 Å². The van der Waals surface area contributed by atoms with Crippen LogP contribution in [0.2, 0.25) is 0 Å². The van der Waals surface area contributed by atoms with Crippen molar-refractivity contribution in [2.24, 2.45) is 0 Å². The molecule has 0 radical (unpaired) electrons. The molecule has 3 aromatic carbocycles. The first kappa shape index (κ1) is 20.6. The molecule has 0 aliphatic carbocycles. The van der Waals surface area contributed by atoms with Crippen molar-refractivity contribution in [2.75, 3.05) is 19.3 Å². The molecule has 0 atom stereocenters. The molecule has 4 rings (SSSR count). The van der Waals surface area contributed by atoms with E-state index < -0.39 is 4.25 Å². The average Bonchev–Trinajstić information content (AvgIpc) is 2.81. The second kappa shape index (κ2) is 8.57. The van der Waals surface area contributed by atoms with E-state index in [0.29, 0.717) is 6.16 Å². The number of halogens is 1. The fourth-order valence-electron chi connectivity index (χ4n) is 4.43. The van der Waals surface area contributed by atoms with Gasteiger partial charge in [0.05, 0.1) is 0 Å². The van der Waals surface area contributed by atoms with Gasteiger partial charge in [-0.2, -0.15) is 0 Å². The van der Waals surface area contributed by atoms with Crippen LogP contribution in [0.25, 0.3) is 0 Å². The number of piperidine rings is 1. The molecule has 29 heavy (non-hydrogen) atoms. The predicted molar refractivity (Wildman–Crippen MR) is 134 cm³/mol. The molecular formula is C25H27INOP. The van der Waals surface area contributed by atoms with Crippen LogP contribution in [-0.2, 0) is 4.79 Å². The van der Waals surface area contributed by atoms with Gasteiger partial charge in [0.25, 0.3) is 0 Å². The summed E-state index contributed by atoms with van der Waals surface area (Å²) in [5.41, 5.74) is 0. The Bertz CT molecular complexity index is 856. The number of hydrogen-bond donors (Lipinski definition) is 0. The standard InChI is InChI=1S/C25H27INOP/c26-29(22-13-5-1-6-14-22,23-15-7-2-8-16-23,24-17-9-3-10-18-24)21-25(28)27-19-11-4-12-20-27/h1-3,5-10,13-18H,4,11-12,19-21H2. The molecule has 1 amide bonds. The van der Waals surface area contributed by atoms with Crippen molar-refractivity contribution in [3.05, 3.63) is 91.0 Å². The van der Waals surface area contributed by atoms with Crippen LogP contribution in [0, 0.1) is 0 Å². The van der Waals surface area contributed by atoms with Crippen LogP contribution in [0.4, 0.5) is 0 Å². The van der Waals surface area contributed by atoms with Crippen LogP contribution in [0.3, 0.4) is 0 Å². The van der Waals surface area contributed by atoms with Gasteiger partial charge in [0.15, 0.2) is 0 Å². The Balaban J connectivity index is 1.95. The summed E-state index contributed by atoms with van der Waals surface area (Å²) in [7, 11) is 0. The van der Waals surface area contributed by atoms with E-state index in [1.54, 1.807) is 0 Å². The van der Waals surface area contributed by atoms with E-state index >= 15 is 0 Å². The van der Waals surface area contributed by atoms with Gasteiger partial charge in [0.2, 0.25) is 0 Å². The van der Waals surface area contributed by atoms with Gasteiger partial charge in [-0.25, -0.2) is 0 Å². The van der Waals surface area contributed by atoms with Crippen LogP contribution in [0.1, 0.15) is 19.3 Å². The van der Waals surface area contributed by atoms with Crippen LogP contribution in [-0.4, -0.2) is 30.1 Å². The fraction of sp³-hybridized carbons (Fsp3) is 0.240. The number of rotatable bonds is 5. The van der Waals surface area contributed by atoms with E-state index in [1.807, 2.05) is 0 Å². The van der Waals surface area contributed by atoms with Gasteiger partial charge < -0.3 is 0 Å². The number of carbonyl (C=O) groups is 1. The summed E-state index contributed by atoms with van der Waals surface area (Å²) in [5, 5.41) is 3.80. The first-order valence-corrected chi connectivity index (χ1v) is 15.5. The van der Waals surface area contributed by atoms with Crippen LogP contribution in [0.5, 0.6) is 0 Å². The number of carbonyl (C=O) groups excluding carboxylic acids is 1. The molecule has 150 valence electrons. The predicted octanol–water partition coefficient (Wildman–Crippen LogP) is 4.88. The number of likely N-dealkylation sites (tertiary alicyclic amines) is 1. The molecule has 0 N–H and O–H groups in total. The van der Waals surface area contributed by atoms with Gasteiger partial charge in [-0.1, -0.05) is 0 Å². The summed E-state index contributed by atoms with van der Waals surface area (Å²) < 4.78 is -3.01. The van der Waals surface area contributed by atoms with Crippen molar-refractivity contribution in [1.29, 1.82) is 0 Å². The van der Waals surface area contributed by atoms with Crippen LogP contribution in [0.15, 0.2) is 91.0 Å². The van der Waals surface area contributed by atoms with E-state index in [1.165, 1.54) is 22.3 Å². The summed E-state index contributed by atoms with van der Waals surface area (Å²) in [6.07, 6.45) is 3.99. The van der Waals surface area contributed by atoms with Gasteiger partial charge in [-0.05, 0) is 0 Å². The summed E-state index contributed by atoms with van der Waals surface area (Å²) in [5.74, 6) is 0.285. The Morgan fingerprint density at radius 1 is 0.690 bits per heavy atom. The Morgan fingerprint density at radius 3 is 1.45 bits per heavy atom. The number of hydrogen-bond acceptors (Lipinski definition) is 1. The van der Waals surface area contributed by atoms with E-state index in [-0.39, 0.29) is 5.91 Å². The van der Waals surface area contributed by atoms with Gasteiger partial charge >= 0.3 is 187 Å². The third kappa shape index (κ3) is 3.75. The van der Waals surface area contributed by atoms with Crippen molar-refractivity contribution in [3.8, 4) is 0 Å². The molecule has 1 aliphatic heterocycles. The monoisotopic (exact) mass is 515 g/mol.